The minimum Gasteiger partial charge on any atom is -0.390 e. The largest absolute Gasteiger partial charge is 0.390 e. The van der Waals surface area contributed by atoms with E-state index >= 15 is 0 Å². The van der Waals surface area contributed by atoms with Crippen molar-refractivity contribution in [2.24, 2.45) is 0 Å². The number of hydrogen-bond acceptors (Lipinski definition) is 4. The maximum Gasteiger partial charge on any atom is 0.332 e. The van der Waals surface area contributed by atoms with Gasteiger partial charge >= 0.3 is 6.03 Å². The Kier molecular flexibility index (Phi) is 3.34. The number of halogens is 1. The Balaban J connectivity index is 2.08. The Morgan fingerprint density at radius 2 is 2.18 bits per heavy atom. The van der Waals surface area contributed by atoms with Crippen molar-refractivity contribution in [1.82, 2.24) is 4.90 Å². The number of nitriles is 1. The van der Waals surface area contributed by atoms with Crippen LogP contribution >= 0.6 is 0 Å². The zero-order valence-electron chi connectivity index (χ0n) is 11.9. The molecule has 3 rings (SSSR count). The zero-order chi connectivity index (χ0) is 16.0. The normalized spacial score (nSPS) is 23.9. The van der Waals surface area contributed by atoms with Gasteiger partial charge in [0, 0.05) is 12.1 Å². The second-order valence-electron chi connectivity index (χ2n) is 5.43. The zero-order valence-corrected chi connectivity index (χ0v) is 11.9. The molecule has 2 atom stereocenters. The van der Waals surface area contributed by atoms with Gasteiger partial charge in [-0.05, 0) is 31.0 Å². The van der Waals surface area contributed by atoms with E-state index in [0.29, 0.717) is 18.5 Å². The number of urea groups is 1. The van der Waals surface area contributed by atoms with Gasteiger partial charge in [-0.15, -0.1) is 0 Å². The van der Waals surface area contributed by atoms with Crippen LogP contribution in [0.1, 0.15) is 23.1 Å². The molecule has 0 bridgehead atoms. The lowest BCUT2D eigenvalue weighted by Crippen LogP contribution is -2.36. The highest BCUT2D eigenvalue weighted by molar-refractivity contribution is 6.22. The number of aliphatic hydroxyl groups excluding tert-OH is 1. The molecule has 0 aliphatic carbocycles. The number of anilines is 1. The standard InChI is InChI=1S/C15H14FN3O3/c1-8-10(6-16)9(7-17)2-3-11(8)19-14(21)13-12(20)4-5-18(13)15(19)22/h2-3,12-13,20H,4-6H2,1H3/t12-,13+/m1/s1. The van der Waals surface area contributed by atoms with Gasteiger partial charge in [-0.25, -0.2) is 14.1 Å². The number of rotatable bonds is 2. The summed E-state index contributed by atoms with van der Waals surface area (Å²) >= 11 is 0. The van der Waals surface area contributed by atoms with Gasteiger partial charge in [-0.1, -0.05) is 0 Å². The molecule has 0 spiro atoms. The van der Waals surface area contributed by atoms with Crippen LogP contribution in [0.4, 0.5) is 14.9 Å². The summed E-state index contributed by atoms with van der Waals surface area (Å²) in [7, 11) is 0. The first-order chi connectivity index (χ1) is 10.5. The third-order valence-electron chi connectivity index (χ3n) is 4.34. The van der Waals surface area contributed by atoms with Crippen LogP contribution in [0.2, 0.25) is 0 Å². The summed E-state index contributed by atoms with van der Waals surface area (Å²) in [5, 5.41) is 18.9. The molecule has 22 heavy (non-hydrogen) atoms. The molecule has 0 radical (unpaired) electrons. The second kappa shape index (κ2) is 5.07. The van der Waals surface area contributed by atoms with Gasteiger partial charge in [0.05, 0.1) is 23.4 Å². The highest BCUT2D eigenvalue weighted by Gasteiger charge is 2.52. The van der Waals surface area contributed by atoms with Crippen LogP contribution in [0.3, 0.4) is 0 Å². The molecule has 2 aliphatic heterocycles. The van der Waals surface area contributed by atoms with Crippen LogP contribution in [0.25, 0.3) is 0 Å². The summed E-state index contributed by atoms with van der Waals surface area (Å²) < 4.78 is 13.2. The first-order valence-corrected chi connectivity index (χ1v) is 6.92. The molecule has 2 saturated heterocycles. The molecule has 2 aliphatic rings. The average Bonchev–Trinajstić information content (AvgIpc) is 3.00. The van der Waals surface area contributed by atoms with Crippen molar-refractivity contribution < 1.29 is 19.1 Å². The molecule has 1 aromatic carbocycles. The van der Waals surface area contributed by atoms with Crippen molar-refractivity contribution in [1.29, 1.82) is 5.26 Å². The molecule has 114 valence electrons. The molecule has 2 fully saturated rings. The molecule has 6 nitrogen and oxygen atoms in total. The summed E-state index contributed by atoms with van der Waals surface area (Å²) in [6.07, 6.45) is -0.501. The molecule has 0 unspecified atom stereocenters. The van der Waals surface area contributed by atoms with E-state index in [4.69, 9.17) is 5.26 Å². The first-order valence-electron chi connectivity index (χ1n) is 6.92. The highest BCUT2D eigenvalue weighted by Crippen LogP contribution is 2.35. The topological polar surface area (TPSA) is 84.6 Å². The second-order valence-corrected chi connectivity index (χ2v) is 5.43. The number of hydrogen-bond donors (Lipinski definition) is 1. The Morgan fingerprint density at radius 1 is 1.45 bits per heavy atom. The Hall–Kier alpha value is -2.46. The predicted octanol–water partition coefficient (Wildman–Crippen LogP) is 1.24. The smallest absolute Gasteiger partial charge is 0.332 e. The van der Waals surface area contributed by atoms with Gasteiger partial charge in [-0.2, -0.15) is 5.26 Å². The molecule has 1 N–H and O–H groups in total. The number of fused-ring (bicyclic) bond motifs is 1. The highest BCUT2D eigenvalue weighted by atomic mass is 19.1. The maximum atomic E-state index is 13.2. The summed E-state index contributed by atoms with van der Waals surface area (Å²) in [6.45, 7) is 1.04. The summed E-state index contributed by atoms with van der Waals surface area (Å²) in [4.78, 5) is 27.2. The molecular weight excluding hydrogens is 289 g/mol. The molecule has 0 aromatic heterocycles. The summed E-state index contributed by atoms with van der Waals surface area (Å²) in [5.41, 5.74) is 1.01. The van der Waals surface area contributed by atoms with Crippen molar-refractivity contribution in [3.05, 3.63) is 28.8 Å². The monoisotopic (exact) mass is 303 g/mol. The van der Waals surface area contributed by atoms with Crippen molar-refractivity contribution >= 4 is 17.6 Å². The fraction of sp³-hybridized carbons (Fsp3) is 0.400. The summed E-state index contributed by atoms with van der Waals surface area (Å²) in [5.74, 6) is -0.507. The van der Waals surface area contributed by atoms with E-state index in [9.17, 15) is 19.1 Å². The van der Waals surface area contributed by atoms with Gasteiger partial charge < -0.3 is 10.0 Å². The fourth-order valence-electron chi connectivity index (χ4n) is 3.13. The minimum atomic E-state index is -0.874. The van der Waals surface area contributed by atoms with Crippen LogP contribution in [0.5, 0.6) is 0 Å². The third kappa shape index (κ3) is 1.81. The SMILES string of the molecule is Cc1c(N2C(=O)[C@@H]3[C@H](O)CCN3C2=O)ccc(C#N)c1CF. The van der Waals surface area contributed by atoms with E-state index in [1.54, 1.807) is 6.92 Å². The number of carbonyl (C=O) groups excluding carboxylic acids is 2. The summed E-state index contributed by atoms with van der Waals surface area (Å²) in [6, 6.07) is 3.39. The predicted molar refractivity (Wildman–Crippen MR) is 74.7 cm³/mol. The Morgan fingerprint density at radius 3 is 2.77 bits per heavy atom. The maximum absolute atomic E-state index is 13.2. The number of benzene rings is 1. The van der Waals surface area contributed by atoms with Crippen molar-refractivity contribution in [3.63, 3.8) is 0 Å². The van der Waals surface area contributed by atoms with Crippen LogP contribution in [0, 0.1) is 18.3 Å². The Bertz CT molecular complexity index is 713. The van der Waals surface area contributed by atoms with Gasteiger partial charge in [-0.3, -0.25) is 4.79 Å². The quantitative estimate of drug-likeness (QED) is 0.833. The van der Waals surface area contributed by atoms with E-state index in [1.807, 2.05) is 6.07 Å². The van der Waals surface area contributed by atoms with E-state index in [2.05, 4.69) is 0 Å². The van der Waals surface area contributed by atoms with Crippen LogP contribution < -0.4 is 4.90 Å². The lowest BCUT2D eigenvalue weighted by Gasteiger charge is -2.19. The number of alkyl halides is 1. The number of imide groups is 1. The lowest BCUT2D eigenvalue weighted by atomic mass is 10.0. The minimum absolute atomic E-state index is 0.174. The van der Waals surface area contributed by atoms with Gasteiger partial charge in [0.25, 0.3) is 5.91 Å². The van der Waals surface area contributed by atoms with Crippen molar-refractivity contribution in [2.45, 2.75) is 32.2 Å². The van der Waals surface area contributed by atoms with E-state index in [-0.39, 0.29) is 16.8 Å². The van der Waals surface area contributed by atoms with E-state index in [0.717, 1.165) is 4.90 Å². The third-order valence-corrected chi connectivity index (χ3v) is 4.34. The van der Waals surface area contributed by atoms with E-state index < -0.39 is 30.8 Å². The molecule has 0 saturated carbocycles. The first kappa shape index (κ1) is 14.5. The van der Waals surface area contributed by atoms with Gasteiger partial charge in [0.1, 0.15) is 12.7 Å². The van der Waals surface area contributed by atoms with Gasteiger partial charge in [0.15, 0.2) is 0 Å². The van der Waals surface area contributed by atoms with Crippen molar-refractivity contribution in [2.75, 3.05) is 11.4 Å². The van der Waals surface area contributed by atoms with Gasteiger partial charge in [0.2, 0.25) is 0 Å². The molecular formula is C15H14FN3O3. The fourth-order valence-corrected chi connectivity index (χ4v) is 3.13. The van der Waals surface area contributed by atoms with Crippen LogP contribution in [0.15, 0.2) is 12.1 Å². The number of aliphatic hydroxyl groups is 1. The Labute approximate surface area is 126 Å². The average molecular weight is 303 g/mol. The molecule has 3 amide bonds. The van der Waals surface area contributed by atoms with Crippen LogP contribution in [-0.4, -0.2) is 40.6 Å². The molecule has 2 heterocycles. The number of amides is 3. The molecule has 1 aromatic rings. The number of carbonyl (C=O) groups is 2. The van der Waals surface area contributed by atoms with Crippen LogP contribution in [-0.2, 0) is 11.5 Å². The van der Waals surface area contributed by atoms with Crippen molar-refractivity contribution in [3.8, 4) is 6.07 Å². The molecule has 7 heteroatoms. The number of nitrogens with zero attached hydrogens (tertiary/aromatic N) is 3. The lowest BCUT2D eigenvalue weighted by molar-refractivity contribution is -0.121. The van der Waals surface area contributed by atoms with E-state index in [1.165, 1.54) is 17.0 Å².